The number of hydrogen-bond donors (Lipinski definition) is 0. The summed E-state index contributed by atoms with van der Waals surface area (Å²) in [5, 5.41) is 4.55. The second kappa shape index (κ2) is 10.4. The van der Waals surface area contributed by atoms with Gasteiger partial charge in [-0.15, -0.1) is 0 Å². The van der Waals surface area contributed by atoms with E-state index in [1.165, 1.54) is 27.5 Å². The highest BCUT2D eigenvalue weighted by atomic mass is 15.3. The molecule has 5 heterocycles. The van der Waals surface area contributed by atoms with Gasteiger partial charge in [-0.05, 0) is 76.7 Å². The number of rotatable bonds is 4. The van der Waals surface area contributed by atoms with Crippen LogP contribution in [-0.2, 0) is 0 Å². The van der Waals surface area contributed by atoms with Crippen LogP contribution >= 0.6 is 0 Å². The zero-order valence-electron chi connectivity index (χ0n) is 25.6. The number of aromatic nitrogens is 6. The third kappa shape index (κ3) is 3.91. The van der Waals surface area contributed by atoms with Crippen LogP contribution in [0.4, 0.5) is 17.3 Å². The number of benzene rings is 5. The fourth-order valence-electron chi connectivity index (χ4n) is 7.19. The molecule has 0 aliphatic carbocycles. The molecule has 0 spiro atoms. The summed E-state index contributed by atoms with van der Waals surface area (Å²) in [7, 11) is 0. The van der Waals surface area contributed by atoms with Gasteiger partial charge in [0, 0.05) is 58.3 Å². The van der Waals surface area contributed by atoms with E-state index in [1.807, 2.05) is 36.5 Å². The summed E-state index contributed by atoms with van der Waals surface area (Å²) in [5.74, 6) is 1.22. The molecule has 1 aliphatic heterocycles. The molecule has 0 radical (unpaired) electrons. The van der Waals surface area contributed by atoms with Gasteiger partial charge in [-0.3, -0.25) is 14.5 Å². The number of fused-ring (bicyclic) bond motifs is 5. The summed E-state index contributed by atoms with van der Waals surface area (Å²) >= 11 is 0. The molecule has 0 amide bonds. The molecule has 0 saturated carbocycles. The molecule has 0 bridgehead atoms. The zero-order valence-corrected chi connectivity index (χ0v) is 25.6. The topological polar surface area (TPSA) is 72.6 Å². The van der Waals surface area contributed by atoms with Crippen LogP contribution in [-0.4, -0.2) is 29.5 Å². The highest BCUT2D eigenvalue weighted by Gasteiger charge is 2.30. The second-order valence-corrected chi connectivity index (χ2v) is 11.8. The molecule has 9 aromatic rings. The summed E-state index contributed by atoms with van der Waals surface area (Å²) in [6.07, 6.45) is 8.99. The maximum Gasteiger partial charge on any atom is 0.234 e. The molecule has 10 rings (SSSR count). The molecular formula is C41H25N7. The van der Waals surface area contributed by atoms with Crippen molar-refractivity contribution in [3.63, 3.8) is 0 Å². The highest BCUT2D eigenvalue weighted by Crippen LogP contribution is 2.53. The Morgan fingerprint density at radius 1 is 0.396 bits per heavy atom. The Kier molecular flexibility index (Phi) is 5.74. The summed E-state index contributed by atoms with van der Waals surface area (Å²) in [6.45, 7) is 0. The van der Waals surface area contributed by atoms with Gasteiger partial charge in [-0.25, -0.2) is 19.9 Å². The highest BCUT2D eigenvalue weighted by molar-refractivity contribution is 6.20. The van der Waals surface area contributed by atoms with E-state index in [4.69, 9.17) is 19.9 Å². The Morgan fingerprint density at radius 2 is 1.12 bits per heavy atom. The van der Waals surface area contributed by atoms with Crippen molar-refractivity contribution in [2.24, 2.45) is 0 Å². The molecule has 4 aromatic heterocycles. The molecule has 48 heavy (non-hydrogen) atoms. The molecular weight excluding hydrogens is 591 g/mol. The number of nitrogens with zero attached hydrogens (tertiary/aromatic N) is 7. The average molecular weight is 616 g/mol. The van der Waals surface area contributed by atoms with E-state index in [0.29, 0.717) is 11.9 Å². The fourth-order valence-corrected chi connectivity index (χ4v) is 7.19. The number of pyridine rings is 1. The zero-order chi connectivity index (χ0) is 31.6. The Labute approximate surface area is 275 Å². The molecule has 0 unspecified atom stereocenters. The molecule has 7 heteroatoms. The third-order valence-electron chi connectivity index (χ3n) is 9.22. The molecule has 0 saturated heterocycles. The minimum absolute atomic E-state index is 0.608. The van der Waals surface area contributed by atoms with Gasteiger partial charge < -0.3 is 0 Å². The first-order chi connectivity index (χ1) is 23.8. The van der Waals surface area contributed by atoms with Crippen molar-refractivity contribution >= 4 is 49.9 Å². The Morgan fingerprint density at radius 3 is 1.92 bits per heavy atom. The quantitative estimate of drug-likeness (QED) is 0.196. The molecule has 0 atom stereocenters. The van der Waals surface area contributed by atoms with Crippen LogP contribution in [0.1, 0.15) is 0 Å². The van der Waals surface area contributed by atoms with Crippen molar-refractivity contribution in [3.05, 3.63) is 152 Å². The number of anilines is 3. The van der Waals surface area contributed by atoms with Gasteiger partial charge in [0.05, 0.1) is 28.1 Å². The van der Waals surface area contributed by atoms with E-state index >= 15 is 0 Å². The van der Waals surface area contributed by atoms with Crippen molar-refractivity contribution in [1.82, 2.24) is 29.5 Å². The maximum absolute atomic E-state index is 4.77. The van der Waals surface area contributed by atoms with Gasteiger partial charge >= 0.3 is 0 Å². The predicted molar refractivity (Wildman–Crippen MR) is 192 cm³/mol. The van der Waals surface area contributed by atoms with E-state index in [1.54, 1.807) is 24.8 Å². The summed E-state index contributed by atoms with van der Waals surface area (Å²) < 4.78 is 2.14. The normalized spacial score (nSPS) is 12.1. The Bertz CT molecular complexity index is 2660. The molecule has 224 valence electrons. The van der Waals surface area contributed by atoms with Gasteiger partial charge in [-0.2, -0.15) is 0 Å². The lowest BCUT2D eigenvalue weighted by Gasteiger charge is -2.32. The fraction of sp³-hybridized carbons (Fsp3) is 0. The van der Waals surface area contributed by atoms with Crippen molar-refractivity contribution in [1.29, 1.82) is 0 Å². The molecule has 1 aliphatic rings. The molecule has 0 fully saturated rings. The van der Waals surface area contributed by atoms with Gasteiger partial charge in [0.1, 0.15) is 0 Å². The molecule has 5 aromatic carbocycles. The summed E-state index contributed by atoms with van der Waals surface area (Å²) in [4.78, 5) is 25.8. The van der Waals surface area contributed by atoms with Gasteiger partial charge in [-0.1, -0.05) is 66.7 Å². The average Bonchev–Trinajstić information content (AvgIpc) is 3.48. The predicted octanol–water partition coefficient (Wildman–Crippen LogP) is 9.70. The maximum atomic E-state index is 4.77. The number of hydrogen-bond acceptors (Lipinski definition) is 6. The van der Waals surface area contributed by atoms with E-state index in [2.05, 4.69) is 105 Å². The van der Waals surface area contributed by atoms with Crippen LogP contribution in [0, 0.1) is 0 Å². The minimum atomic E-state index is 0.608. The van der Waals surface area contributed by atoms with Gasteiger partial charge in [0.15, 0.2) is 0 Å². The summed E-state index contributed by atoms with van der Waals surface area (Å²) in [6, 6.07) is 42.4. The van der Waals surface area contributed by atoms with E-state index in [0.717, 1.165) is 50.0 Å². The minimum Gasteiger partial charge on any atom is -0.278 e. The first kappa shape index (κ1) is 26.5. The lowest BCUT2D eigenvalue weighted by atomic mass is 9.87. The Balaban J connectivity index is 1.33. The van der Waals surface area contributed by atoms with Crippen LogP contribution in [0.25, 0.3) is 72.0 Å². The standard InChI is InChI=1S/C41H25N7/c1-2-9-26(10-3-1)28-15-16-30-32-24-33-31-23-27(34-12-4-5-18-42-34)14-17-35(31)47(40-43-19-7-20-44-40)38(33)25-37(32)48(41-45-21-8-22-46-41)36-13-6-11-29(28)39(30)36/h1-25H. The van der Waals surface area contributed by atoms with Crippen LogP contribution in [0.5, 0.6) is 0 Å². The van der Waals surface area contributed by atoms with Crippen LogP contribution in [0.3, 0.4) is 0 Å². The lowest BCUT2D eigenvalue weighted by molar-refractivity contribution is 0.988. The third-order valence-corrected chi connectivity index (χ3v) is 9.22. The van der Waals surface area contributed by atoms with Gasteiger partial charge in [0.25, 0.3) is 0 Å². The molecule has 7 nitrogen and oxygen atoms in total. The van der Waals surface area contributed by atoms with Crippen molar-refractivity contribution < 1.29 is 0 Å². The first-order valence-corrected chi connectivity index (χ1v) is 15.8. The van der Waals surface area contributed by atoms with E-state index < -0.39 is 0 Å². The van der Waals surface area contributed by atoms with Crippen molar-refractivity contribution in [3.8, 4) is 39.5 Å². The van der Waals surface area contributed by atoms with E-state index in [-0.39, 0.29) is 0 Å². The van der Waals surface area contributed by atoms with E-state index in [9.17, 15) is 0 Å². The Hall–Kier alpha value is -6.73. The van der Waals surface area contributed by atoms with Crippen LogP contribution < -0.4 is 4.90 Å². The monoisotopic (exact) mass is 615 g/mol. The largest absolute Gasteiger partial charge is 0.278 e. The molecule has 0 N–H and O–H groups in total. The smallest absolute Gasteiger partial charge is 0.234 e. The van der Waals surface area contributed by atoms with Crippen LogP contribution in [0.15, 0.2) is 152 Å². The van der Waals surface area contributed by atoms with Gasteiger partial charge in [0.2, 0.25) is 11.9 Å². The summed E-state index contributed by atoms with van der Waals surface area (Å²) in [5.41, 5.74) is 10.7. The lowest BCUT2D eigenvalue weighted by Crippen LogP contribution is -2.17. The second-order valence-electron chi connectivity index (χ2n) is 11.8. The SMILES string of the molecule is c1ccc(-c2ccc3c4c(cccc24)N(c2ncccn2)c2cc4c(cc2-3)c2cc(-c3ccccn3)ccc2n4-c2ncccn2)cc1. The first-order valence-electron chi connectivity index (χ1n) is 15.8. The van der Waals surface area contributed by atoms with Crippen molar-refractivity contribution in [2.45, 2.75) is 0 Å². The van der Waals surface area contributed by atoms with Crippen molar-refractivity contribution in [2.75, 3.05) is 4.90 Å². The van der Waals surface area contributed by atoms with Crippen LogP contribution in [0.2, 0.25) is 0 Å².